The van der Waals surface area contributed by atoms with Gasteiger partial charge in [-0.25, -0.2) is 0 Å². The van der Waals surface area contributed by atoms with Gasteiger partial charge in [0.1, 0.15) is 11.5 Å². The summed E-state index contributed by atoms with van der Waals surface area (Å²) in [4.78, 5) is 4.16. The number of thioether (sulfide) groups is 1. The smallest absolute Gasteiger partial charge is 0.127 e. The van der Waals surface area contributed by atoms with Crippen LogP contribution in [-0.4, -0.2) is 11.5 Å². The second-order valence-electron chi connectivity index (χ2n) is 5.81. The highest BCUT2D eigenvalue weighted by Gasteiger charge is 2.07. The van der Waals surface area contributed by atoms with Crippen LogP contribution in [0.5, 0.6) is 11.5 Å². The number of benzene rings is 2. The van der Waals surface area contributed by atoms with Gasteiger partial charge in [-0.1, -0.05) is 24.3 Å². The van der Waals surface area contributed by atoms with E-state index in [0.717, 1.165) is 28.4 Å². The van der Waals surface area contributed by atoms with Crippen LogP contribution >= 0.6 is 11.8 Å². The highest BCUT2D eigenvalue weighted by atomic mass is 32.2. The molecule has 0 saturated carbocycles. The summed E-state index contributed by atoms with van der Waals surface area (Å²) in [5, 5.41) is 10.4. The molecule has 5 heteroatoms. The molecule has 4 rings (SSSR count). The number of aromatic nitrogens is 1. The molecule has 0 bridgehead atoms. The lowest BCUT2D eigenvalue weighted by Gasteiger charge is -2.27. The quantitative estimate of drug-likeness (QED) is 0.590. The van der Waals surface area contributed by atoms with Crippen molar-refractivity contribution in [3.8, 4) is 11.5 Å². The van der Waals surface area contributed by atoms with Crippen LogP contribution in [0.15, 0.2) is 90.2 Å². The van der Waals surface area contributed by atoms with Gasteiger partial charge in [-0.3, -0.25) is 4.98 Å². The van der Waals surface area contributed by atoms with E-state index < -0.39 is 0 Å². The number of pyridine rings is 1. The summed E-state index contributed by atoms with van der Waals surface area (Å²) in [7, 11) is 0. The van der Waals surface area contributed by atoms with Gasteiger partial charge >= 0.3 is 0 Å². The van der Waals surface area contributed by atoms with E-state index in [4.69, 9.17) is 10.1 Å². The van der Waals surface area contributed by atoms with E-state index in [1.165, 1.54) is 0 Å². The largest absolute Gasteiger partial charge is 0.671 e. The van der Waals surface area contributed by atoms with Crippen LogP contribution in [0.3, 0.4) is 0 Å². The standard InChI is InChI=1S/C21H18N3OS/c1-2-6-19(7-3-1)25-20-10-8-17(9-11-20)23-14-18-15-26-21(24-18)16-5-4-12-22-13-16/h1-13,15,21,23H,14H2/q-1. The maximum absolute atomic E-state index is 5.81. The van der Waals surface area contributed by atoms with Crippen LogP contribution in [-0.2, 0) is 0 Å². The molecular formula is C21H18N3OS-. The van der Waals surface area contributed by atoms with Crippen LogP contribution < -0.4 is 10.1 Å². The van der Waals surface area contributed by atoms with Gasteiger partial charge in [0.25, 0.3) is 0 Å². The molecule has 0 aliphatic carbocycles. The molecule has 1 unspecified atom stereocenters. The zero-order valence-electron chi connectivity index (χ0n) is 14.1. The van der Waals surface area contributed by atoms with Gasteiger partial charge in [0.2, 0.25) is 0 Å². The molecule has 1 aromatic heterocycles. The van der Waals surface area contributed by atoms with Crippen molar-refractivity contribution >= 4 is 17.4 Å². The Labute approximate surface area is 157 Å². The average molecular weight is 360 g/mol. The number of ether oxygens (including phenoxy) is 1. The van der Waals surface area contributed by atoms with Crippen LogP contribution in [0, 0.1) is 0 Å². The van der Waals surface area contributed by atoms with Crippen molar-refractivity contribution in [1.82, 2.24) is 4.98 Å². The fraction of sp³-hybridized carbons (Fsp3) is 0.0952. The zero-order chi connectivity index (χ0) is 17.6. The summed E-state index contributed by atoms with van der Waals surface area (Å²) in [6, 6.07) is 21.7. The third-order valence-corrected chi connectivity index (χ3v) is 4.94. The number of nitrogens with zero attached hydrogens (tertiary/aromatic N) is 2. The SMILES string of the molecule is C1=C(CNc2ccc(Oc3ccccc3)cc2)[N-]C(c2cccnc2)S1. The Morgan fingerprint density at radius 1 is 0.962 bits per heavy atom. The Morgan fingerprint density at radius 2 is 1.77 bits per heavy atom. The lowest BCUT2D eigenvalue weighted by molar-refractivity contribution is 0.483. The molecule has 0 spiro atoms. The molecule has 0 amide bonds. The van der Waals surface area contributed by atoms with Crippen LogP contribution in [0.4, 0.5) is 5.69 Å². The Balaban J connectivity index is 1.29. The van der Waals surface area contributed by atoms with Gasteiger partial charge in [-0.2, -0.15) is 0 Å². The molecule has 0 radical (unpaired) electrons. The fourth-order valence-electron chi connectivity index (χ4n) is 2.57. The van der Waals surface area contributed by atoms with E-state index >= 15 is 0 Å². The van der Waals surface area contributed by atoms with E-state index in [1.807, 2.05) is 66.9 Å². The highest BCUT2D eigenvalue weighted by Crippen LogP contribution is 2.43. The molecule has 130 valence electrons. The molecule has 1 atom stereocenters. The maximum atomic E-state index is 5.81. The lowest BCUT2D eigenvalue weighted by atomic mass is 10.2. The molecule has 2 aromatic carbocycles. The van der Waals surface area contributed by atoms with Crippen LogP contribution in [0.25, 0.3) is 5.32 Å². The van der Waals surface area contributed by atoms with E-state index in [-0.39, 0.29) is 5.37 Å². The number of rotatable bonds is 6. The van der Waals surface area contributed by atoms with E-state index in [9.17, 15) is 0 Å². The summed E-state index contributed by atoms with van der Waals surface area (Å²) in [5.74, 6) is 1.65. The second-order valence-corrected chi connectivity index (χ2v) is 6.76. The Kier molecular flexibility index (Phi) is 5.07. The fourth-order valence-corrected chi connectivity index (χ4v) is 3.50. The van der Waals surface area contributed by atoms with E-state index in [1.54, 1.807) is 18.0 Å². The summed E-state index contributed by atoms with van der Waals surface area (Å²) in [6.45, 7) is 0.697. The third kappa shape index (κ3) is 4.18. The Morgan fingerprint density at radius 3 is 2.54 bits per heavy atom. The molecular weight excluding hydrogens is 342 g/mol. The van der Waals surface area contributed by atoms with Crippen LogP contribution in [0.1, 0.15) is 10.9 Å². The zero-order valence-corrected chi connectivity index (χ0v) is 14.9. The first kappa shape index (κ1) is 16.5. The third-order valence-electron chi connectivity index (χ3n) is 3.89. The topological polar surface area (TPSA) is 48.2 Å². The van der Waals surface area contributed by atoms with Gasteiger partial charge in [0, 0.05) is 24.6 Å². The molecule has 1 aliphatic rings. The molecule has 26 heavy (non-hydrogen) atoms. The molecule has 0 fully saturated rings. The summed E-state index contributed by atoms with van der Waals surface area (Å²) >= 11 is 1.71. The highest BCUT2D eigenvalue weighted by molar-refractivity contribution is 8.02. The minimum atomic E-state index is 0.113. The Bertz CT molecular complexity index is 867. The van der Waals surface area contributed by atoms with Crippen molar-refractivity contribution in [2.75, 3.05) is 11.9 Å². The predicted octanol–water partition coefficient (Wildman–Crippen LogP) is 5.95. The van der Waals surface area contributed by atoms with Crippen LogP contribution in [0.2, 0.25) is 0 Å². The minimum absolute atomic E-state index is 0.113. The van der Waals surface area contributed by atoms with Gasteiger partial charge < -0.3 is 15.4 Å². The number of hydrogen-bond acceptors (Lipinski definition) is 4. The van der Waals surface area contributed by atoms with Crippen molar-refractivity contribution in [2.45, 2.75) is 5.37 Å². The lowest BCUT2D eigenvalue weighted by Crippen LogP contribution is -2.03. The van der Waals surface area contributed by atoms with Crippen molar-refractivity contribution in [3.05, 3.63) is 101 Å². The molecule has 0 saturated heterocycles. The predicted molar refractivity (Wildman–Crippen MR) is 107 cm³/mol. The van der Waals surface area contributed by atoms with Gasteiger partial charge in [0.15, 0.2) is 0 Å². The Hall–Kier alpha value is -2.92. The van der Waals surface area contributed by atoms with Crippen molar-refractivity contribution in [1.29, 1.82) is 0 Å². The monoisotopic (exact) mass is 360 g/mol. The normalized spacial score (nSPS) is 15.8. The molecule has 1 N–H and O–H groups in total. The van der Waals surface area contributed by atoms with Crippen molar-refractivity contribution in [2.24, 2.45) is 0 Å². The van der Waals surface area contributed by atoms with E-state index in [2.05, 4.69) is 21.8 Å². The first-order valence-corrected chi connectivity index (χ1v) is 9.33. The van der Waals surface area contributed by atoms with Gasteiger partial charge in [-0.15, -0.1) is 17.5 Å². The molecule has 1 aliphatic heterocycles. The maximum Gasteiger partial charge on any atom is 0.127 e. The first-order chi connectivity index (χ1) is 12.9. The van der Waals surface area contributed by atoms with Crippen molar-refractivity contribution < 1.29 is 4.74 Å². The number of para-hydroxylation sites is 1. The number of anilines is 1. The second kappa shape index (κ2) is 7.97. The van der Waals surface area contributed by atoms with E-state index in [0.29, 0.717) is 6.54 Å². The number of nitrogens with one attached hydrogen (secondary N) is 1. The molecule has 2 heterocycles. The number of hydrogen-bond donors (Lipinski definition) is 1. The summed E-state index contributed by atoms with van der Waals surface area (Å²) < 4.78 is 5.81. The first-order valence-electron chi connectivity index (χ1n) is 8.39. The summed E-state index contributed by atoms with van der Waals surface area (Å²) in [5.41, 5.74) is 3.22. The molecule has 3 aromatic rings. The van der Waals surface area contributed by atoms with Gasteiger partial charge in [-0.05, 0) is 58.8 Å². The van der Waals surface area contributed by atoms with Crippen molar-refractivity contribution in [3.63, 3.8) is 0 Å². The molecule has 4 nitrogen and oxygen atoms in total. The van der Waals surface area contributed by atoms with Gasteiger partial charge in [0.05, 0.1) is 0 Å². The average Bonchev–Trinajstić information content (AvgIpc) is 3.18. The summed E-state index contributed by atoms with van der Waals surface area (Å²) in [6.07, 6.45) is 3.65. The minimum Gasteiger partial charge on any atom is -0.671 e.